The molecule has 2 amide bonds. The number of piperidine rings is 1. The van der Waals surface area contributed by atoms with E-state index in [1.165, 1.54) is 0 Å². The van der Waals surface area contributed by atoms with Crippen LogP contribution in [0.3, 0.4) is 0 Å². The smallest absolute Gasteiger partial charge is 0.405 e. The van der Waals surface area contributed by atoms with Crippen molar-refractivity contribution >= 4 is 22.9 Å². The number of phenolic OH excluding ortho intramolecular Hbond substituents is 1. The number of amides is 2. The van der Waals surface area contributed by atoms with Crippen LogP contribution >= 0.6 is 0 Å². The van der Waals surface area contributed by atoms with Gasteiger partial charge in [0.15, 0.2) is 0 Å². The van der Waals surface area contributed by atoms with Gasteiger partial charge in [-0.3, -0.25) is 9.78 Å². The standard InChI is InChI=1S/C34H32N4O4/c39-31(38-17-14-34(15-18-38,37-33(41)42)21-24-5-2-1-3-6-24)19-23-9-11-25(12-10-23)27-7-4-8-28(32(27)40)29-20-26-13-16-35-22-30(26)36-29/h1-13,16,20,22,36-37,40H,14-15,17-19,21H2,(H,41,42). The second kappa shape index (κ2) is 11.4. The molecule has 42 heavy (non-hydrogen) atoms. The topological polar surface area (TPSA) is 119 Å². The van der Waals surface area contributed by atoms with Crippen molar-refractivity contribution in [1.29, 1.82) is 0 Å². The minimum atomic E-state index is -1.04. The predicted octanol–water partition coefficient (Wildman–Crippen LogP) is 6.02. The quantitative estimate of drug-likeness (QED) is 0.194. The molecule has 0 unspecified atom stereocenters. The molecule has 1 fully saturated rings. The fraction of sp³-hybridized carbons (Fsp3) is 0.206. The Hall–Kier alpha value is -5.11. The molecule has 8 heteroatoms. The Morgan fingerprint density at radius 3 is 2.36 bits per heavy atom. The number of carbonyl (C=O) groups excluding carboxylic acids is 1. The number of rotatable bonds is 7. The van der Waals surface area contributed by atoms with E-state index in [0.717, 1.165) is 33.3 Å². The number of H-pyrrole nitrogens is 1. The zero-order valence-electron chi connectivity index (χ0n) is 23.1. The third-order valence-corrected chi connectivity index (χ3v) is 8.20. The van der Waals surface area contributed by atoms with Crippen molar-refractivity contribution in [2.45, 2.75) is 31.2 Å². The first-order valence-corrected chi connectivity index (χ1v) is 14.1. The maximum Gasteiger partial charge on any atom is 0.405 e. The zero-order chi connectivity index (χ0) is 29.1. The van der Waals surface area contributed by atoms with Crippen molar-refractivity contribution < 1.29 is 19.8 Å². The minimum Gasteiger partial charge on any atom is -0.507 e. The van der Waals surface area contributed by atoms with Crippen molar-refractivity contribution in [1.82, 2.24) is 20.2 Å². The fourth-order valence-electron chi connectivity index (χ4n) is 5.94. The summed E-state index contributed by atoms with van der Waals surface area (Å²) < 4.78 is 0. The molecule has 8 nitrogen and oxygen atoms in total. The van der Waals surface area contributed by atoms with E-state index < -0.39 is 11.6 Å². The maximum absolute atomic E-state index is 13.2. The highest BCUT2D eigenvalue weighted by Crippen LogP contribution is 2.38. The van der Waals surface area contributed by atoms with Crippen LogP contribution in [0.5, 0.6) is 5.75 Å². The van der Waals surface area contributed by atoms with Crippen molar-refractivity contribution in [2.24, 2.45) is 0 Å². The molecule has 1 aliphatic heterocycles. The average Bonchev–Trinajstić information content (AvgIpc) is 3.42. The normalized spacial score (nSPS) is 14.5. The van der Waals surface area contributed by atoms with Crippen LogP contribution in [0.15, 0.2) is 97.3 Å². The van der Waals surface area contributed by atoms with Crippen LogP contribution in [-0.4, -0.2) is 55.7 Å². The average molecular weight is 561 g/mol. The fourth-order valence-corrected chi connectivity index (χ4v) is 5.94. The van der Waals surface area contributed by atoms with E-state index >= 15 is 0 Å². The number of hydrogen-bond acceptors (Lipinski definition) is 4. The highest BCUT2D eigenvalue weighted by molar-refractivity contribution is 5.89. The number of nitrogens with zero attached hydrogens (tertiary/aromatic N) is 2. The monoisotopic (exact) mass is 560 g/mol. The van der Waals surface area contributed by atoms with Gasteiger partial charge in [-0.15, -0.1) is 0 Å². The minimum absolute atomic E-state index is 0.0181. The highest BCUT2D eigenvalue weighted by Gasteiger charge is 2.37. The summed E-state index contributed by atoms with van der Waals surface area (Å²) in [5, 5.41) is 24.4. The summed E-state index contributed by atoms with van der Waals surface area (Å²) in [6.45, 7) is 0.989. The third kappa shape index (κ3) is 5.69. The van der Waals surface area contributed by atoms with Gasteiger partial charge in [-0.25, -0.2) is 4.79 Å². The van der Waals surface area contributed by atoms with Crippen LogP contribution in [0, 0.1) is 0 Å². The van der Waals surface area contributed by atoms with Crippen molar-refractivity contribution in [3.63, 3.8) is 0 Å². The SMILES string of the molecule is O=C(O)NC1(Cc2ccccc2)CCN(C(=O)Cc2ccc(-c3cccc(-c4cc5ccncc5[nH]4)c3O)cc2)CC1. The van der Waals surface area contributed by atoms with Gasteiger partial charge in [-0.1, -0.05) is 66.7 Å². The Bertz CT molecular complexity index is 1690. The van der Waals surface area contributed by atoms with Gasteiger partial charge in [0.05, 0.1) is 29.4 Å². The van der Waals surface area contributed by atoms with E-state index in [9.17, 15) is 19.8 Å². The van der Waals surface area contributed by atoms with Gasteiger partial charge in [0.2, 0.25) is 5.91 Å². The van der Waals surface area contributed by atoms with Gasteiger partial charge < -0.3 is 25.4 Å². The molecular formula is C34H32N4O4. The van der Waals surface area contributed by atoms with Gasteiger partial charge in [0, 0.05) is 35.8 Å². The Morgan fingerprint density at radius 1 is 0.905 bits per heavy atom. The van der Waals surface area contributed by atoms with Crippen LogP contribution in [-0.2, 0) is 17.6 Å². The number of phenols is 1. The molecule has 3 heterocycles. The van der Waals surface area contributed by atoms with Crippen molar-refractivity contribution in [3.05, 3.63) is 108 Å². The summed E-state index contributed by atoms with van der Waals surface area (Å²) in [6.07, 6.45) is 4.42. The molecule has 2 aromatic heterocycles. The van der Waals surface area contributed by atoms with Crippen molar-refractivity contribution in [3.8, 4) is 28.1 Å². The summed E-state index contributed by atoms with van der Waals surface area (Å²) in [4.78, 5) is 34.1. The summed E-state index contributed by atoms with van der Waals surface area (Å²) in [5.41, 5.74) is 5.34. The molecule has 4 N–H and O–H groups in total. The molecule has 0 saturated carbocycles. The van der Waals surface area contributed by atoms with Gasteiger partial charge in [0.1, 0.15) is 5.75 Å². The van der Waals surface area contributed by atoms with E-state index in [4.69, 9.17) is 0 Å². The molecule has 0 spiro atoms. The summed E-state index contributed by atoms with van der Waals surface area (Å²) in [7, 11) is 0. The van der Waals surface area contributed by atoms with Gasteiger partial charge in [0.25, 0.3) is 0 Å². The van der Waals surface area contributed by atoms with E-state index in [-0.39, 0.29) is 18.1 Å². The Balaban J connectivity index is 1.12. The Morgan fingerprint density at radius 2 is 1.64 bits per heavy atom. The number of benzene rings is 3. The van der Waals surface area contributed by atoms with Crippen LogP contribution in [0.25, 0.3) is 33.3 Å². The lowest BCUT2D eigenvalue weighted by Crippen LogP contribution is -2.57. The summed E-state index contributed by atoms with van der Waals surface area (Å²) in [6, 6.07) is 27.1. The van der Waals surface area contributed by atoms with Gasteiger partial charge in [-0.2, -0.15) is 0 Å². The first-order chi connectivity index (χ1) is 20.4. The number of carbonyl (C=O) groups is 2. The number of hydrogen-bond donors (Lipinski definition) is 4. The molecule has 6 rings (SSSR count). The molecule has 1 aliphatic rings. The lowest BCUT2D eigenvalue weighted by Gasteiger charge is -2.42. The van der Waals surface area contributed by atoms with E-state index in [0.29, 0.717) is 43.5 Å². The van der Waals surface area contributed by atoms with E-state index in [2.05, 4.69) is 15.3 Å². The highest BCUT2D eigenvalue weighted by atomic mass is 16.4. The lowest BCUT2D eigenvalue weighted by molar-refractivity contribution is -0.132. The second-order valence-corrected chi connectivity index (χ2v) is 11.0. The molecular weight excluding hydrogens is 528 g/mol. The first-order valence-electron chi connectivity index (χ1n) is 14.1. The van der Waals surface area contributed by atoms with Gasteiger partial charge in [-0.05, 0) is 54.2 Å². The van der Waals surface area contributed by atoms with Gasteiger partial charge >= 0.3 is 6.09 Å². The molecule has 212 valence electrons. The number of carboxylic acid groups (broad SMARTS) is 1. The second-order valence-electron chi connectivity index (χ2n) is 11.0. The summed E-state index contributed by atoms with van der Waals surface area (Å²) in [5.74, 6) is 0.202. The van der Waals surface area contributed by atoms with Crippen LogP contribution < -0.4 is 5.32 Å². The number of aromatic amines is 1. The van der Waals surface area contributed by atoms with Crippen molar-refractivity contribution in [2.75, 3.05) is 13.1 Å². The molecule has 0 aliphatic carbocycles. The number of para-hydroxylation sites is 1. The number of nitrogens with one attached hydrogen (secondary N) is 2. The van der Waals surface area contributed by atoms with E-state index in [1.54, 1.807) is 12.4 Å². The maximum atomic E-state index is 13.2. The molecule has 5 aromatic rings. The molecule has 0 radical (unpaired) electrons. The van der Waals surface area contributed by atoms with E-state index in [1.807, 2.05) is 89.8 Å². The first kappa shape index (κ1) is 27.1. The largest absolute Gasteiger partial charge is 0.507 e. The zero-order valence-corrected chi connectivity index (χ0v) is 23.1. The van der Waals surface area contributed by atoms with Crippen LogP contribution in [0.4, 0.5) is 4.79 Å². The summed E-state index contributed by atoms with van der Waals surface area (Å²) >= 11 is 0. The molecule has 3 aromatic carbocycles. The molecule has 1 saturated heterocycles. The molecule has 0 atom stereocenters. The number of fused-ring (bicyclic) bond motifs is 1. The van der Waals surface area contributed by atoms with Crippen LogP contribution in [0.2, 0.25) is 0 Å². The number of pyridine rings is 1. The Kier molecular flexibility index (Phi) is 7.35. The molecule has 0 bridgehead atoms. The lowest BCUT2D eigenvalue weighted by atomic mass is 9.81. The predicted molar refractivity (Wildman–Crippen MR) is 162 cm³/mol. The number of aromatic nitrogens is 2. The third-order valence-electron chi connectivity index (χ3n) is 8.20. The van der Waals surface area contributed by atoms with Crippen LogP contribution in [0.1, 0.15) is 24.0 Å². The number of likely N-dealkylation sites (tertiary alicyclic amines) is 1. The Labute approximate surface area is 243 Å². The number of aromatic hydroxyl groups is 1.